The van der Waals surface area contributed by atoms with Gasteiger partial charge in [0.2, 0.25) is 0 Å². The first-order valence-electron chi connectivity index (χ1n) is 5.20. The molecule has 0 aliphatic rings. The fraction of sp³-hybridized carbons (Fsp3) is 0.182. The van der Waals surface area contributed by atoms with Crippen LogP contribution in [0.2, 0.25) is 0 Å². The van der Waals surface area contributed by atoms with E-state index in [2.05, 4.69) is 31.3 Å². The van der Waals surface area contributed by atoms with Gasteiger partial charge in [0.05, 0.1) is 6.61 Å². The van der Waals surface area contributed by atoms with Crippen molar-refractivity contribution in [1.29, 1.82) is 0 Å². The first kappa shape index (κ1) is 12.6. The summed E-state index contributed by atoms with van der Waals surface area (Å²) in [4.78, 5) is 11.7. The number of phenols is 1. The van der Waals surface area contributed by atoms with E-state index in [-0.39, 0.29) is 23.7 Å². The number of benzene rings is 1. The fourth-order valence-corrected chi connectivity index (χ4v) is 1.82. The molecule has 2 aromatic rings. The van der Waals surface area contributed by atoms with Crippen molar-refractivity contribution in [2.24, 2.45) is 0 Å². The van der Waals surface area contributed by atoms with Gasteiger partial charge >= 0.3 is 5.97 Å². The third-order valence-electron chi connectivity index (χ3n) is 2.23. The topological polar surface area (TPSA) is 88.1 Å². The average Bonchev–Trinajstić information content (AvgIpc) is 2.81. The molecule has 1 aromatic heterocycles. The zero-order chi connectivity index (χ0) is 13.1. The van der Waals surface area contributed by atoms with Gasteiger partial charge in [-0.3, -0.25) is 0 Å². The number of aromatic nitrogens is 3. The Balaban J connectivity index is 2.48. The van der Waals surface area contributed by atoms with E-state index >= 15 is 0 Å². The summed E-state index contributed by atoms with van der Waals surface area (Å²) in [7, 11) is 0. The molecule has 1 aromatic carbocycles. The number of rotatable bonds is 3. The molecular weight excluding hydrogens is 302 g/mol. The van der Waals surface area contributed by atoms with Crippen LogP contribution < -0.4 is 0 Å². The minimum atomic E-state index is -0.583. The van der Waals surface area contributed by atoms with Crippen LogP contribution in [-0.4, -0.2) is 33.1 Å². The van der Waals surface area contributed by atoms with E-state index in [4.69, 9.17) is 4.74 Å². The monoisotopic (exact) mass is 311 g/mol. The van der Waals surface area contributed by atoms with Crippen LogP contribution in [0.5, 0.6) is 5.75 Å². The molecule has 18 heavy (non-hydrogen) atoms. The minimum Gasteiger partial charge on any atom is -0.507 e. The van der Waals surface area contributed by atoms with Crippen molar-refractivity contribution >= 4 is 21.9 Å². The predicted molar refractivity (Wildman–Crippen MR) is 67.1 cm³/mol. The van der Waals surface area contributed by atoms with Crippen LogP contribution in [0.3, 0.4) is 0 Å². The molecule has 0 saturated heterocycles. The summed E-state index contributed by atoms with van der Waals surface area (Å²) < 4.78 is 5.62. The molecule has 6 nitrogen and oxygen atoms in total. The van der Waals surface area contributed by atoms with E-state index in [9.17, 15) is 9.90 Å². The second kappa shape index (κ2) is 5.18. The van der Waals surface area contributed by atoms with Gasteiger partial charge in [0.25, 0.3) is 0 Å². The van der Waals surface area contributed by atoms with Crippen LogP contribution in [0.4, 0.5) is 0 Å². The Morgan fingerprint density at radius 3 is 3.00 bits per heavy atom. The number of H-pyrrole nitrogens is 1. The number of esters is 1. The summed E-state index contributed by atoms with van der Waals surface area (Å²) in [6.45, 7) is 1.95. The van der Waals surface area contributed by atoms with Crippen molar-refractivity contribution in [3.05, 3.63) is 28.4 Å². The number of nitrogens with one attached hydrogen (secondary N) is 1. The molecule has 0 unspecified atom stereocenters. The van der Waals surface area contributed by atoms with Gasteiger partial charge in [0.15, 0.2) is 5.69 Å². The number of aromatic hydroxyl groups is 1. The Hall–Kier alpha value is -1.89. The summed E-state index contributed by atoms with van der Waals surface area (Å²) >= 11 is 3.29. The standard InChI is InChI=1S/C11H10BrN3O3/c1-2-18-11(17)10-9(13-15-14-10)7-5-6(12)3-4-8(7)16/h3-5,16H,2H2,1H3,(H,13,14,15). The lowest BCUT2D eigenvalue weighted by molar-refractivity contribution is 0.0520. The third-order valence-corrected chi connectivity index (χ3v) is 2.72. The molecule has 94 valence electrons. The summed E-state index contributed by atoms with van der Waals surface area (Å²) in [5, 5.41) is 19.8. The molecule has 0 aliphatic carbocycles. The predicted octanol–water partition coefficient (Wildman–Crippen LogP) is 2.12. The maximum Gasteiger partial charge on any atom is 0.361 e. The number of hydrogen-bond donors (Lipinski definition) is 2. The van der Waals surface area contributed by atoms with Gasteiger partial charge in [-0.05, 0) is 25.1 Å². The third kappa shape index (κ3) is 2.35. The quantitative estimate of drug-likeness (QED) is 0.848. The number of aromatic amines is 1. The van der Waals surface area contributed by atoms with Crippen LogP contribution in [0.15, 0.2) is 22.7 Å². The van der Waals surface area contributed by atoms with Crippen LogP contribution in [0.25, 0.3) is 11.3 Å². The highest BCUT2D eigenvalue weighted by Crippen LogP contribution is 2.31. The number of phenolic OH excluding ortho intramolecular Hbond substituents is 1. The van der Waals surface area contributed by atoms with Crippen molar-refractivity contribution in [3.63, 3.8) is 0 Å². The van der Waals surface area contributed by atoms with Crippen molar-refractivity contribution in [2.75, 3.05) is 6.61 Å². The van der Waals surface area contributed by atoms with E-state index in [0.29, 0.717) is 5.56 Å². The zero-order valence-electron chi connectivity index (χ0n) is 9.48. The lowest BCUT2D eigenvalue weighted by Crippen LogP contribution is -2.06. The van der Waals surface area contributed by atoms with Crippen LogP contribution >= 0.6 is 15.9 Å². The van der Waals surface area contributed by atoms with Gasteiger partial charge in [0.1, 0.15) is 11.4 Å². The smallest absolute Gasteiger partial charge is 0.361 e. The van der Waals surface area contributed by atoms with Crippen molar-refractivity contribution in [1.82, 2.24) is 15.4 Å². The largest absolute Gasteiger partial charge is 0.507 e. The molecule has 0 radical (unpaired) electrons. The normalized spacial score (nSPS) is 10.3. The first-order chi connectivity index (χ1) is 8.63. The second-order valence-corrected chi connectivity index (χ2v) is 4.32. The Bertz CT molecular complexity index is 583. The van der Waals surface area contributed by atoms with Crippen molar-refractivity contribution in [3.8, 4) is 17.0 Å². The molecular formula is C11H10BrN3O3. The molecule has 0 spiro atoms. The molecule has 1 heterocycles. The van der Waals surface area contributed by atoms with Gasteiger partial charge in [-0.1, -0.05) is 15.9 Å². The highest BCUT2D eigenvalue weighted by molar-refractivity contribution is 9.10. The summed E-state index contributed by atoms with van der Waals surface area (Å²) in [6.07, 6.45) is 0. The van der Waals surface area contributed by atoms with Crippen molar-refractivity contribution in [2.45, 2.75) is 6.92 Å². The first-order valence-corrected chi connectivity index (χ1v) is 5.99. The van der Waals surface area contributed by atoms with Gasteiger partial charge < -0.3 is 9.84 Å². The lowest BCUT2D eigenvalue weighted by atomic mass is 10.1. The summed E-state index contributed by atoms with van der Waals surface area (Å²) in [6, 6.07) is 4.84. The fourth-order valence-electron chi connectivity index (χ4n) is 1.46. The molecule has 0 fully saturated rings. The molecule has 0 atom stereocenters. The van der Waals surface area contributed by atoms with Crippen molar-refractivity contribution < 1.29 is 14.6 Å². The highest BCUT2D eigenvalue weighted by atomic mass is 79.9. The molecule has 2 N–H and O–H groups in total. The maximum atomic E-state index is 11.7. The average molecular weight is 312 g/mol. The summed E-state index contributed by atoms with van der Waals surface area (Å²) in [5.74, 6) is -0.571. The van der Waals surface area contributed by atoms with Crippen LogP contribution in [-0.2, 0) is 4.74 Å². The molecule has 2 rings (SSSR count). The van der Waals surface area contributed by atoms with E-state index in [0.717, 1.165) is 4.47 Å². The highest BCUT2D eigenvalue weighted by Gasteiger charge is 2.21. The number of halogens is 1. The SMILES string of the molecule is CCOC(=O)c1n[nH]nc1-c1cc(Br)ccc1O. The van der Waals surface area contributed by atoms with E-state index in [1.54, 1.807) is 19.1 Å². The molecule has 0 amide bonds. The minimum absolute atomic E-state index is 0.0117. The summed E-state index contributed by atoms with van der Waals surface area (Å²) in [5.41, 5.74) is 0.707. The molecule has 0 saturated carbocycles. The van der Waals surface area contributed by atoms with E-state index in [1.807, 2.05) is 0 Å². The Morgan fingerprint density at radius 1 is 1.50 bits per heavy atom. The van der Waals surface area contributed by atoms with Crippen LogP contribution in [0.1, 0.15) is 17.4 Å². The number of nitrogens with zero attached hydrogens (tertiary/aromatic N) is 2. The van der Waals surface area contributed by atoms with Gasteiger partial charge in [0, 0.05) is 10.0 Å². The number of carbonyl (C=O) groups is 1. The number of carbonyl (C=O) groups excluding carboxylic acids is 1. The van der Waals surface area contributed by atoms with Gasteiger partial charge in [-0.25, -0.2) is 4.79 Å². The van der Waals surface area contributed by atoms with Crippen LogP contribution in [0, 0.1) is 0 Å². The van der Waals surface area contributed by atoms with E-state index < -0.39 is 5.97 Å². The van der Waals surface area contributed by atoms with Gasteiger partial charge in [-0.2, -0.15) is 10.3 Å². The van der Waals surface area contributed by atoms with E-state index in [1.165, 1.54) is 6.07 Å². The maximum absolute atomic E-state index is 11.7. The number of ether oxygens (including phenoxy) is 1. The lowest BCUT2D eigenvalue weighted by Gasteiger charge is -2.04. The van der Waals surface area contributed by atoms with Gasteiger partial charge in [-0.15, -0.1) is 5.10 Å². The second-order valence-electron chi connectivity index (χ2n) is 3.40. The Morgan fingerprint density at radius 2 is 2.28 bits per heavy atom. The number of hydrogen-bond acceptors (Lipinski definition) is 5. The molecule has 0 aliphatic heterocycles. The molecule has 0 bridgehead atoms. The molecule has 7 heteroatoms. The Labute approximate surface area is 111 Å². The zero-order valence-corrected chi connectivity index (χ0v) is 11.1. The Kier molecular flexibility index (Phi) is 3.61.